The largest absolute Gasteiger partial charge is 0.481 e. The molecule has 0 aliphatic carbocycles. The molecular formula is C13H24N2O4. The second-order valence-electron chi connectivity index (χ2n) is 6.02. The Kier molecular flexibility index (Phi) is 5.17. The Labute approximate surface area is 114 Å². The van der Waals surface area contributed by atoms with Crippen LogP contribution in [0.2, 0.25) is 0 Å². The molecule has 1 saturated heterocycles. The van der Waals surface area contributed by atoms with E-state index in [0.29, 0.717) is 19.6 Å². The van der Waals surface area contributed by atoms with E-state index < -0.39 is 11.6 Å². The maximum atomic E-state index is 11.9. The summed E-state index contributed by atoms with van der Waals surface area (Å²) in [5.41, 5.74) is -0.480. The first-order chi connectivity index (χ1) is 8.69. The van der Waals surface area contributed by atoms with Crippen LogP contribution in [0, 0.1) is 0 Å². The molecule has 0 radical (unpaired) electrons. The Bertz CT molecular complexity index is 338. The van der Waals surface area contributed by atoms with Gasteiger partial charge >= 0.3 is 12.1 Å². The minimum Gasteiger partial charge on any atom is -0.481 e. The van der Waals surface area contributed by atoms with Crippen LogP contribution in [0.4, 0.5) is 4.79 Å². The van der Waals surface area contributed by atoms with Gasteiger partial charge in [-0.1, -0.05) is 0 Å². The van der Waals surface area contributed by atoms with E-state index in [-0.39, 0.29) is 18.6 Å². The average Bonchev–Trinajstić information content (AvgIpc) is 2.18. The summed E-state index contributed by atoms with van der Waals surface area (Å²) in [4.78, 5) is 26.0. The van der Waals surface area contributed by atoms with Crippen molar-refractivity contribution in [1.29, 1.82) is 0 Å². The number of nitrogens with zero attached hydrogens (tertiary/aromatic N) is 2. The minimum atomic E-state index is -0.801. The number of hydrogen-bond donors (Lipinski definition) is 1. The van der Waals surface area contributed by atoms with E-state index in [2.05, 4.69) is 0 Å². The number of rotatable bonds is 5. The number of ether oxygens (including phenoxy) is 1. The molecule has 0 spiro atoms. The maximum absolute atomic E-state index is 11.9. The van der Waals surface area contributed by atoms with Crippen LogP contribution >= 0.6 is 0 Å². The lowest BCUT2D eigenvalue weighted by Gasteiger charge is -2.42. The molecule has 0 bridgehead atoms. The summed E-state index contributed by atoms with van der Waals surface area (Å²) < 4.78 is 5.33. The Morgan fingerprint density at radius 3 is 2.47 bits per heavy atom. The Balaban J connectivity index is 2.35. The highest BCUT2D eigenvalue weighted by Gasteiger charge is 2.35. The number of amides is 1. The lowest BCUT2D eigenvalue weighted by atomic mass is 10.0. The number of carbonyl (C=O) groups excluding carboxylic acids is 1. The van der Waals surface area contributed by atoms with E-state index in [1.54, 1.807) is 4.90 Å². The summed E-state index contributed by atoms with van der Waals surface area (Å²) in [5, 5.41) is 8.62. The maximum Gasteiger partial charge on any atom is 0.410 e. The molecule has 1 aliphatic heterocycles. The zero-order chi connectivity index (χ0) is 14.6. The van der Waals surface area contributed by atoms with Crippen molar-refractivity contribution in [3.63, 3.8) is 0 Å². The lowest BCUT2D eigenvalue weighted by molar-refractivity contribution is -0.137. The number of likely N-dealkylation sites (N-methyl/N-ethyl adjacent to an activating group) is 1. The van der Waals surface area contributed by atoms with E-state index in [1.165, 1.54) is 0 Å². The van der Waals surface area contributed by atoms with Crippen LogP contribution in [-0.2, 0) is 9.53 Å². The van der Waals surface area contributed by atoms with E-state index in [1.807, 2.05) is 32.7 Å². The lowest BCUT2D eigenvalue weighted by Crippen LogP contribution is -2.56. The predicted octanol–water partition coefficient (Wildman–Crippen LogP) is 1.40. The standard InChI is InChI=1S/C13H24N2O4/c1-13(2,3)19-12(18)15-8-5-10(15)9-14(4)7-6-11(16)17/h10H,5-9H2,1-4H3,(H,16,17). The fraction of sp³-hybridized carbons (Fsp3) is 0.846. The number of carboxylic acids is 1. The summed E-state index contributed by atoms with van der Waals surface area (Å²) in [5.74, 6) is -0.801. The Morgan fingerprint density at radius 2 is 2.05 bits per heavy atom. The molecule has 1 N–H and O–H groups in total. The van der Waals surface area contributed by atoms with Gasteiger partial charge in [0, 0.05) is 25.7 Å². The first-order valence-corrected chi connectivity index (χ1v) is 6.59. The molecule has 1 unspecified atom stereocenters. The second-order valence-corrected chi connectivity index (χ2v) is 6.02. The molecule has 0 aromatic rings. The highest BCUT2D eigenvalue weighted by molar-refractivity contribution is 5.69. The zero-order valence-corrected chi connectivity index (χ0v) is 12.2. The van der Waals surface area contributed by atoms with Crippen molar-refractivity contribution in [1.82, 2.24) is 9.80 Å². The number of carbonyl (C=O) groups is 2. The quantitative estimate of drug-likeness (QED) is 0.819. The van der Waals surface area contributed by atoms with Crippen LogP contribution in [0.5, 0.6) is 0 Å². The normalized spacial score (nSPS) is 19.2. The summed E-state index contributed by atoms with van der Waals surface area (Å²) in [6, 6.07) is 0.133. The molecule has 1 atom stereocenters. The summed E-state index contributed by atoms with van der Waals surface area (Å²) >= 11 is 0. The molecule has 1 heterocycles. The molecule has 0 aromatic carbocycles. The van der Waals surface area contributed by atoms with Crippen molar-refractivity contribution < 1.29 is 19.4 Å². The molecule has 19 heavy (non-hydrogen) atoms. The summed E-state index contributed by atoms with van der Waals surface area (Å²) in [6.07, 6.45) is 0.780. The van der Waals surface area contributed by atoms with Crippen molar-refractivity contribution in [3.8, 4) is 0 Å². The van der Waals surface area contributed by atoms with Gasteiger partial charge in [0.05, 0.1) is 6.42 Å². The number of carboxylic acid groups (broad SMARTS) is 1. The van der Waals surface area contributed by atoms with Crippen molar-refractivity contribution in [2.45, 2.75) is 45.3 Å². The van der Waals surface area contributed by atoms with Crippen LogP contribution in [0.3, 0.4) is 0 Å². The molecule has 0 saturated carbocycles. The van der Waals surface area contributed by atoms with Gasteiger partial charge in [-0.3, -0.25) is 4.79 Å². The zero-order valence-electron chi connectivity index (χ0n) is 12.2. The van der Waals surface area contributed by atoms with Crippen LogP contribution in [0.15, 0.2) is 0 Å². The fourth-order valence-corrected chi connectivity index (χ4v) is 1.93. The number of hydrogen-bond acceptors (Lipinski definition) is 4. The van der Waals surface area contributed by atoms with Crippen LogP contribution < -0.4 is 0 Å². The van der Waals surface area contributed by atoms with E-state index in [0.717, 1.165) is 6.42 Å². The molecule has 6 nitrogen and oxygen atoms in total. The van der Waals surface area contributed by atoms with Crippen molar-refractivity contribution in [2.75, 3.05) is 26.7 Å². The van der Waals surface area contributed by atoms with Gasteiger partial charge in [0.2, 0.25) is 0 Å². The third-order valence-corrected chi connectivity index (χ3v) is 3.00. The summed E-state index contributed by atoms with van der Waals surface area (Å²) in [7, 11) is 1.87. The van der Waals surface area contributed by atoms with Gasteiger partial charge in [-0.25, -0.2) is 4.79 Å². The third-order valence-electron chi connectivity index (χ3n) is 3.00. The fourth-order valence-electron chi connectivity index (χ4n) is 1.93. The monoisotopic (exact) mass is 272 g/mol. The van der Waals surface area contributed by atoms with Gasteiger partial charge < -0.3 is 19.6 Å². The Hall–Kier alpha value is -1.30. The highest BCUT2D eigenvalue weighted by Crippen LogP contribution is 2.21. The molecule has 110 valence electrons. The topological polar surface area (TPSA) is 70.1 Å². The van der Waals surface area contributed by atoms with E-state index in [9.17, 15) is 9.59 Å². The van der Waals surface area contributed by atoms with Crippen molar-refractivity contribution in [3.05, 3.63) is 0 Å². The first kappa shape index (κ1) is 15.8. The predicted molar refractivity (Wildman–Crippen MR) is 71.1 cm³/mol. The average molecular weight is 272 g/mol. The van der Waals surface area contributed by atoms with Gasteiger partial charge in [-0.05, 0) is 34.2 Å². The SMILES string of the molecule is CN(CCC(=O)O)CC1CCN1C(=O)OC(C)(C)C. The molecule has 1 amide bonds. The van der Waals surface area contributed by atoms with Gasteiger partial charge in [0.25, 0.3) is 0 Å². The van der Waals surface area contributed by atoms with E-state index in [4.69, 9.17) is 9.84 Å². The molecule has 0 aromatic heterocycles. The molecule has 1 aliphatic rings. The Morgan fingerprint density at radius 1 is 1.42 bits per heavy atom. The van der Waals surface area contributed by atoms with E-state index >= 15 is 0 Å². The van der Waals surface area contributed by atoms with Crippen LogP contribution in [0.1, 0.15) is 33.6 Å². The van der Waals surface area contributed by atoms with Gasteiger partial charge in [0.15, 0.2) is 0 Å². The first-order valence-electron chi connectivity index (χ1n) is 6.59. The highest BCUT2D eigenvalue weighted by atomic mass is 16.6. The van der Waals surface area contributed by atoms with Crippen LogP contribution in [0.25, 0.3) is 0 Å². The minimum absolute atomic E-state index is 0.121. The van der Waals surface area contributed by atoms with Crippen LogP contribution in [-0.4, -0.2) is 65.3 Å². The molecule has 6 heteroatoms. The molecule has 1 fully saturated rings. The van der Waals surface area contributed by atoms with Gasteiger partial charge in [0.1, 0.15) is 5.60 Å². The van der Waals surface area contributed by atoms with Gasteiger partial charge in [-0.2, -0.15) is 0 Å². The molecule has 1 rings (SSSR count). The third kappa shape index (κ3) is 5.46. The summed E-state index contributed by atoms with van der Waals surface area (Å²) in [6.45, 7) is 7.43. The smallest absolute Gasteiger partial charge is 0.410 e. The van der Waals surface area contributed by atoms with Crippen molar-refractivity contribution >= 4 is 12.1 Å². The number of aliphatic carboxylic acids is 1. The second kappa shape index (κ2) is 6.23. The van der Waals surface area contributed by atoms with Gasteiger partial charge in [-0.15, -0.1) is 0 Å². The number of likely N-dealkylation sites (tertiary alicyclic amines) is 1. The molecular weight excluding hydrogens is 248 g/mol. The van der Waals surface area contributed by atoms with Crippen molar-refractivity contribution in [2.24, 2.45) is 0 Å².